The van der Waals surface area contributed by atoms with Crippen LogP contribution in [0.1, 0.15) is 63.9 Å². The van der Waals surface area contributed by atoms with Gasteiger partial charge in [0.25, 0.3) is 0 Å². The summed E-state index contributed by atoms with van der Waals surface area (Å²) >= 11 is 0. The lowest BCUT2D eigenvalue weighted by atomic mass is 9.78. The van der Waals surface area contributed by atoms with Crippen LogP contribution >= 0.6 is 0 Å². The molecule has 0 saturated heterocycles. The predicted molar refractivity (Wildman–Crippen MR) is 91.6 cm³/mol. The molecule has 2 atom stereocenters. The van der Waals surface area contributed by atoms with Crippen molar-refractivity contribution in [3.63, 3.8) is 0 Å². The average molecular weight is 327 g/mol. The van der Waals surface area contributed by atoms with Gasteiger partial charge in [0.15, 0.2) is 5.72 Å². The Morgan fingerprint density at radius 2 is 2.00 bits per heavy atom. The summed E-state index contributed by atoms with van der Waals surface area (Å²) in [6, 6.07) is 8.02. The maximum atomic E-state index is 12.9. The van der Waals surface area contributed by atoms with Crippen molar-refractivity contribution in [3.05, 3.63) is 41.1 Å². The first kappa shape index (κ1) is 15.6. The Hall–Kier alpha value is -1.97. The van der Waals surface area contributed by atoms with Gasteiger partial charge in [-0.1, -0.05) is 24.6 Å². The quantitative estimate of drug-likeness (QED) is 0.833. The maximum Gasteiger partial charge on any atom is 0.336 e. The summed E-state index contributed by atoms with van der Waals surface area (Å²) in [5.74, 6) is 0.743. The van der Waals surface area contributed by atoms with Crippen LogP contribution in [-0.2, 0) is 9.53 Å². The van der Waals surface area contributed by atoms with Gasteiger partial charge in [-0.2, -0.15) is 0 Å². The summed E-state index contributed by atoms with van der Waals surface area (Å²) in [6.45, 7) is 4.00. The topological polar surface area (TPSA) is 47.6 Å². The maximum absolute atomic E-state index is 12.9. The zero-order chi connectivity index (χ0) is 16.7. The molecule has 0 amide bonds. The molecule has 1 aromatic carbocycles. The van der Waals surface area contributed by atoms with E-state index in [1.54, 1.807) is 0 Å². The molecule has 4 nitrogen and oxygen atoms in total. The largest absolute Gasteiger partial charge is 0.468 e. The van der Waals surface area contributed by atoms with E-state index in [0.29, 0.717) is 0 Å². The summed E-state index contributed by atoms with van der Waals surface area (Å²) < 4.78 is 12.0. The standard InChI is InChI=1S/C20H25NO3/c1-13-18(19(22)23-14-8-4-3-5-9-14)16-12-20(2,21-13)24-17-11-7-6-10-15(16)17/h6-7,10-11,14,16,21H,3-5,8-9,12H2,1-2H3/t16-,20-/m0/s1. The smallest absolute Gasteiger partial charge is 0.336 e. The number of carbonyl (C=O) groups excluding carboxylic acids is 1. The van der Waals surface area contributed by atoms with Gasteiger partial charge >= 0.3 is 5.97 Å². The molecule has 2 aliphatic heterocycles. The molecule has 0 spiro atoms. The fourth-order valence-corrected chi connectivity index (χ4v) is 4.40. The van der Waals surface area contributed by atoms with Gasteiger partial charge in [-0.05, 0) is 45.6 Å². The first-order valence-electron chi connectivity index (χ1n) is 9.04. The van der Waals surface area contributed by atoms with E-state index < -0.39 is 5.72 Å². The third kappa shape index (κ3) is 2.68. The van der Waals surface area contributed by atoms with Crippen LogP contribution in [0, 0.1) is 0 Å². The molecule has 0 unspecified atom stereocenters. The van der Waals surface area contributed by atoms with E-state index in [-0.39, 0.29) is 18.0 Å². The van der Waals surface area contributed by atoms with Crippen LogP contribution in [0.25, 0.3) is 0 Å². The molecule has 128 valence electrons. The zero-order valence-electron chi connectivity index (χ0n) is 14.4. The number of hydrogen-bond donors (Lipinski definition) is 1. The summed E-state index contributed by atoms with van der Waals surface area (Å²) in [5.41, 5.74) is 2.28. The number of para-hydroxylation sites is 1. The van der Waals surface area contributed by atoms with E-state index in [9.17, 15) is 4.79 Å². The minimum Gasteiger partial charge on any atom is -0.468 e. The minimum atomic E-state index is -0.461. The molecule has 1 fully saturated rings. The Labute approximate surface area is 143 Å². The van der Waals surface area contributed by atoms with Gasteiger partial charge in [-0.15, -0.1) is 0 Å². The average Bonchev–Trinajstić information content (AvgIpc) is 2.54. The Bertz CT molecular complexity index is 690. The molecule has 0 radical (unpaired) electrons. The van der Waals surface area contributed by atoms with Crippen molar-refractivity contribution in [2.45, 2.75) is 70.1 Å². The number of benzene rings is 1. The minimum absolute atomic E-state index is 0.0392. The predicted octanol–water partition coefficient (Wildman–Crippen LogP) is 4.02. The molecule has 24 heavy (non-hydrogen) atoms. The number of nitrogens with one attached hydrogen (secondary N) is 1. The Morgan fingerprint density at radius 1 is 1.25 bits per heavy atom. The van der Waals surface area contributed by atoms with Crippen molar-refractivity contribution >= 4 is 5.97 Å². The molecule has 1 N–H and O–H groups in total. The lowest BCUT2D eigenvalue weighted by Gasteiger charge is -2.45. The number of hydrogen-bond acceptors (Lipinski definition) is 4. The summed E-state index contributed by atoms with van der Waals surface area (Å²) in [4.78, 5) is 12.9. The van der Waals surface area contributed by atoms with Crippen molar-refractivity contribution in [1.82, 2.24) is 5.32 Å². The third-order valence-corrected chi connectivity index (χ3v) is 5.47. The molecule has 4 rings (SSSR count). The second kappa shape index (κ2) is 5.83. The van der Waals surface area contributed by atoms with Crippen molar-refractivity contribution in [2.24, 2.45) is 0 Å². The SMILES string of the molecule is CC1=C(C(=O)OC2CCCCC2)[C@H]2C[C@@](C)(N1)Oc1ccccc12. The number of ether oxygens (including phenoxy) is 2. The van der Waals surface area contributed by atoms with Crippen LogP contribution in [-0.4, -0.2) is 17.8 Å². The second-order valence-electron chi connectivity index (χ2n) is 7.46. The first-order chi connectivity index (χ1) is 11.6. The van der Waals surface area contributed by atoms with Gasteiger partial charge in [-0.25, -0.2) is 4.79 Å². The van der Waals surface area contributed by atoms with E-state index in [0.717, 1.165) is 54.7 Å². The van der Waals surface area contributed by atoms with E-state index >= 15 is 0 Å². The Balaban J connectivity index is 1.65. The first-order valence-corrected chi connectivity index (χ1v) is 9.04. The summed E-state index contributed by atoms with van der Waals surface area (Å²) in [5, 5.41) is 3.39. The molecule has 1 aromatic rings. The number of allylic oxidation sites excluding steroid dienone is 1. The molecule has 2 bridgehead atoms. The van der Waals surface area contributed by atoms with Crippen LogP contribution in [0.2, 0.25) is 0 Å². The summed E-state index contributed by atoms with van der Waals surface area (Å²) in [7, 11) is 0. The van der Waals surface area contributed by atoms with Crippen molar-refractivity contribution in [2.75, 3.05) is 0 Å². The van der Waals surface area contributed by atoms with Gasteiger partial charge in [0.2, 0.25) is 0 Å². The number of fused-ring (bicyclic) bond motifs is 4. The van der Waals surface area contributed by atoms with Crippen molar-refractivity contribution < 1.29 is 14.3 Å². The van der Waals surface area contributed by atoms with Gasteiger partial charge in [0.1, 0.15) is 11.9 Å². The fourth-order valence-electron chi connectivity index (χ4n) is 4.40. The number of esters is 1. The van der Waals surface area contributed by atoms with Gasteiger partial charge in [0.05, 0.1) is 5.57 Å². The molecule has 1 aliphatic carbocycles. The van der Waals surface area contributed by atoms with Crippen molar-refractivity contribution in [1.29, 1.82) is 0 Å². The molecule has 3 aliphatic rings. The van der Waals surface area contributed by atoms with E-state index in [1.165, 1.54) is 6.42 Å². The molecular formula is C20H25NO3. The summed E-state index contributed by atoms with van der Waals surface area (Å²) in [6.07, 6.45) is 6.38. The highest BCUT2D eigenvalue weighted by Gasteiger charge is 2.45. The number of carbonyl (C=O) groups is 1. The lowest BCUT2D eigenvalue weighted by Crippen LogP contribution is -2.54. The number of rotatable bonds is 2. The molecule has 4 heteroatoms. The monoisotopic (exact) mass is 327 g/mol. The Morgan fingerprint density at radius 3 is 2.79 bits per heavy atom. The van der Waals surface area contributed by atoms with Crippen molar-refractivity contribution in [3.8, 4) is 5.75 Å². The molecular weight excluding hydrogens is 302 g/mol. The second-order valence-corrected chi connectivity index (χ2v) is 7.46. The molecule has 0 aromatic heterocycles. The van der Waals surface area contributed by atoms with Crippen LogP contribution in [0.15, 0.2) is 35.5 Å². The van der Waals surface area contributed by atoms with Gasteiger partial charge in [-0.3, -0.25) is 0 Å². The third-order valence-electron chi connectivity index (χ3n) is 5.47. The molecule has 1 saturated carbocycles. The highest BCUT2D eigenvalue weighted by Crippen LogP contribution is 2.47. The van der Waals surface area contributed by atoms with Crippen LogP contribution in [0.4, 0.5) is 0 Å². The highest BCUT2D eigenvalue weighted by atomic mass is 16.5. The lowest BCUT2D eigenvalue weighted by molar-refractivity contribution is -0.146. The van der Waals surface area contributed by atoms with Gasteiger partial charge < -0.3 is 14.8 Å². The van der Waals surface area contributed by atoms with E-state index in [1.807, 2.05) is 32.0 Å². The molecule has 2 heterocycles. The van der Waals surface area contributed by atoms with Crippen LogP contribution < -0.4 is 10.1 Å². The normalized spacial score (nSPS) is 29.3. The van der Waals surface area contributed by atoms with Crippen LogP contribution in [0.5, 0.6) is 5.75 Å². The zero-order valence-corrected chi connectivity index (χ0v) is 14.4. The van der Waals surface area contributed by atoms with Gasteiger partial charge in [0, 0.05) is 23.6 Å². The van der Waals surface area contributed by atoms with Crippen LogP contribution in [0.3, 0.4) is 0 Å². The Kier molecular flexibility index (Phi) is 3.78. The highest BCUT2D eigenvalue weighted by molar-refractivity contribution is 5.92. The fraction of sp³-hybridized carbons (Fsp3) is 0.550. The van der Waals surface area contributed by atoms with E-state index in [2.05, 4.69) is 11.4 Å². The van der Waals surface area contributed by atoms with E-state index in [4.69, 9.17) is 9.47 Å².